The molecule has 106 valence electrons. The van der Waals surface area contributed by atoms with E-state index in [0.29, 0.717) is 12.6 Å². The van der Waals surface area contributed by atoms with Gasteiger partial charge in [0.15, 0.2) is 0 Å². The van der Waals surface area contributed by atoms with Crippen LogP contribution >= 0.6 is 0 Å². The van der Waals surface area contributed by atoms with Gasteiger partial charge < -0.3 is 14.8 Å². The van der Waals surface area contributed by atoms with Gasteiger partial charge in [-0.3, -0.25) is 0 Å². The molecule has 0 atom stereocenters. The molecule has 0 unspecified atom stereocenters. The van der Waals surface area contributed by atoms with E-state index in [2.05, 4.69) is 39.1 Å². The zero-order valence-corrected chi connectivity index (χ0v) is 12.6. The highest BCUT2D eigenvalue weighted by Crippen LogP contribution is 2.25. The average Bonchev–Trinajstić information content (AvgIpc) is 2.36. The third kappa shape index (κ3) is 5.79. The maximum atomic E-state index is 5.83. The molecule has 0 aliphatic rings. The number of hydrogen-bond acceptors (Lipinski definition) is 3. The van der Waals surface area contributed by atoms with Crippen LogP contribution < -0.4 is 14.8 Å². The van der Waals surface area contributed by atoms with Crippen LogP contribution in [0.25, 0.3) is 0 Å². The highest BCUT2D eigenvalue weighted by molar-refractivity contribution is 5.40. The Kier molecular flexibility index (Phi) is 6.43. The standard InChI is InChI=1S/C16H25NO2/c1-12(2)8-9-19-16-10-15(18-5)7-6-14(16)11-17-13(3)4/h6-8,10,13,17H,9,11H2,1-5H3. The van der Waals surface area contributed by atoms with Crippen molar-refractivity contribution in [2.24, 2.45) is 0 Å². The molecular weight excluding hydrogens is 238 g/mol. The van der Waals surface area contributed by atoms with E-state index in [1.807, 2.05) is 18.2 Å². The third-order valence-electron chi connectivity index (χ3n) is 2.71. The molecule has 1 aromatic carbocycles. The Hall–Kier alpha value is -1.48. The predicted octanol–water partition coefficient (Wildman–Crippen LogP) is 3.54. The summed E-state index contributed by atoms with van der Waals surface area (Å²) in [4.78, 5) is 0. The molecule has 0 bridgehead atoms. The summed E-state index contributed by atoms with van der Waals surface area (Å²) in [6, 6.07) is 6.40. The average molecular weight is 263 g/mol. The summed E-state index contributed by atoms with van der Waals surface area (Å²) >= 11 is 0. The van der Waals surface area contributed by atoms with Crippen LogP contribution in [0.2, 0.25) is 0 Å². The van der Waals surface area contributed by atoms with Gasteiger partial charge in [0, 0.05) is 24.2 Å². The molecule has 0 saturated heterocycles. The lowest BCUT2D eigenvalue weighted by Crippen LogP contribution is -2.22. The number of allylic oxidation sites excluding steroid dienone is 1. The molecule has 0 spiro atoms. The minimum absolute atomic E-state index is 0.452. The molecule has 0 aromatic heterocycles. The van der Waals surface area contributed by atoms with Gasteiger partial charge in [-0.1, -0.05) is 25.5 Å². The van der Waals surface area contributed by atoms with E-state index in [1.165, 1.54) is 5.57 Å². The Morgan fingerprint density at radius 3 is 2.63 bits per heavy atom. The smallest absolute Gasteiger partial charge is 0.127 e. The van der Waals surface area contributed by atoms with E-state index >= 15 is 0 Å². The summed E-state index contributed by atoms with van der Waals surface area (Å²) in [5, 5.41) is 3.40. The van der Waals surface area contributed by atoms with Crippen LogP contribution in [0.1, 0.15) is 33.3 Å². The summed E-state index contributed by atoms with van der Waals surface area (Å²) < 4.78 is 11.1. The zero-order chi connectivity index (χ0) is 14.3. The lowest BCUT2D eigenvalue weighted by molar-refractivity contribution is 0.350. The van der Waals surface area contributed by atoms with Crippen molar-refractivity contribution in [3.63, 3.8) is 0 Å². The summed E-state index contributed by atoms with van der Waals surface area (Å²) in [7, 11) is 1.67. The minimum Gasteiger partial charge on any atom is -0.497 e. The van der Waals surface area contributed by atoms with Crippen LogP contribution in [0.3, 0.4) is 0 Å². The van der Waals surface area contributed by atoms with Gasteiger partial charge in [0.05, 0.1) is 7.11 Å². The van der Waals surface area contributed by atoms with E-state index in [9.17, 15) is 0 Å². The van der Waals surface area contributed by atoms with Crippen molar-refractivity contribution in [3.8, 4) is 11.5 Å². The Morgan fingerprint density at radius 1 is 1.32 bits per heavy atom. The summed E-state index contributed by atoms with van der Waals surface area (Å²) in [5.41, 5.74) is 2.40. The fourth-order valence-electron chi connectivity index (χ4n) is 1.55. The van der Waals surface area contributed by atoms with Crippen molar-refractivity contribution in [1.82, 2.24) is 5.32 Å². The first kappa shape index (κ1) is 15.6. The lowest BCUT2D eigenvalue weighted by atomic mass is 10.2. The second-order valence-corrected chi connectivity index (χ2v) is 5.10. The second-order valence-electron chi connectivity index (χ2n) is 5.10. The molecule has 0 aliphatic heterocycles. The third-order valence-corrected chi connectivity index (χ3v) is 2.71. The fraction of sp³-hybridized carbons (Fsp3) is 0.500. The van der Waals surface area contributed by atoms with E-state index in [1.54, 1.807) is 7.11 Å². The van der Waals surface area contributed by atoms with E-state index < -0.39 is 0 Å². The summed E-state index contributed by atoms with van der Waals surface area (Å²) in [6.07, 6.45) is 2.07. The van der Waals surface area contributed by atoms with Crippen molar-refractivity contribution in [2.45, 2.75) is 40.3 Å². The molecule has 0 amide bonds. The normalized spacial score (nSPS) is 10.4. The van der Waals surface area contributed by atoms with Gasteiger partial charge >= 0.3 is 0 Å². The Balaban J connectivity index is 2.79. The van der Waals surface area contributed by atoms with Crippen molar-refractivity contribution in [2.75, 3.05) is 13.7 Å². The largest absolute Gasteiger partial charge is 0.497 e. The van der Waals surface area contributed by atoms with Gasteiger partial charge in [0.1, 0.15) is 18.1 Å². The lowest BCUT2D eigenvalue weighted by Gasteiger charge is -2.14. The molecule has 0 radical (unpaired) electrons. The number of methoxy groups -OCH3 is 1. The molecule has 3 nitrogen and oxygen atoms in total. The highest BCUT2D eigenvalue weighted by atomic mass is 16.5. The van der Waals surface area contributed by atoms with Crippen LogP contribution in [0.4, 0.5) is 0 Å². The van der Waals surface area contributed by atoms with Gasteiger partial charge in [-0.2, -0.15) is 0 Å². The molecule has 0 fully saturated rings. The molecule has 0 saturated carbocycles. The van der Waals surface area contributed by atoms with Gasteiger partial charge in [0.2, 0.25) is 0 Å². The Bertz CT molecular complexity index is 421. The van der Waals surface area contributed by atoms with E-state index in [0.717, 1.165) is 23.6 Å². The number of benzene rings is 1. The van der Waals surface area contributed by atoms with Crippen molar-refractivity contribution < 1.29 is 9.47 Å². The molecule has 1 N–H and O–H groups in total. The van der Waals surface area contributed by atoms with E-state index in [4.69, 9.17) is 9.47 Å². The van der Waals surface area contributed by atoms with E-state index in [-0.39, 0.29) is 0 Å². The number of nitrogens with one attached hydrogen (secondary N) is 1. The molecular formula is C16H25NO2. The maximum absolute atomic E-state index is 5.83. The van der Waals surface area contributed by atoms with Crippen molar-refractivity contribution in [1.29, 1.82) is 0 Å². The molecule has 19 heavy (non-hydrogen) atoms. The van der Waals surface area contributed by atoms with Gasteiger partial charge in [-0.15, -0.1) is 0 Å². The highest BCUT2D eigenvalue weighted by Gasteiger charge is 2.06. The van der Waals surface area contributed by atoms with Gasteiger partial charge in [0.25, 0.3) is 0 Å². The van der Waals surface area contributed by atoms with Gasteiger partial charge in [-0.05, 0) is 26.0 Å². The molecule has 3 heteroatoms. The van der Waals surface area contributed by atoms with Crippen molar-refractivity contribution in [3.05, 3.63) is 35.4 Å². The molecule has 0 aliphatic carbocycles. The maximum Gasteiger partial charge on any atom is 0.127 e. The van der Waals surface area contributed by atoms with Gasteiger partial charge in [-0.25, -0.2) is 0 Å². The summed E-state index contributed by atoms with van der Waals surface area (Å²) in [6.45, 7) is 9.78. The van der Waals surface area contributed by atoms with Crippen LogP contribution in [-0.4, -0.2) is 19.8 Å². The Labute approximate surface area is 116 Å². The Morgan fingerprint density at radius 2 is 2.05 bits per heavy atom. The van der Waals surface area contributed by atoms with Crippen LogP contribution in [0.15, 0.2) is 29.8 Å². The zero-order valence-electron chi connectivity index (χ0n) is 12.6. The number of ether oxygens (including phenoxy) is 2. The minimum atomic E-state index is 0.452. The monoisotopic (exact) mass is 263 g/mol. The van der Waals surface area contributed by atoms with Crippen LogP contribution in [-0.2, 0) is 6.54 Å². The number of hydrogen-bond donors (Lipinski definition) is 1. The molecule has 1 rings (SSSR count). The summed E-state index contributed by atoms with van der Waals surface area (Å²) in [5.74, 6) is 1.70. The number of rotatable bonds is 7. The predicted molar refractivity (Wildman–Crippen MR) is 79.9 cm³/mol. The second kappa shape index (κ2) is 7.85. The van der Waals surface area contributed by atoms with Crippen LogP contribution in [0.5, 0.6) is 11.5 Å². The first-order valence-electron chi connectivity index (χ1n) is 6.69. The quantitative estimate of drug-likeness (QED) is 0.763. The SMILES string of the molecule is COc1ccc(CNC(C)C)c(OCC=C(C)C)c1. The first-order chi connectivity index (χ1) is 9.02. The van der Waals surface area contributed by atoms with Crippen molar-refractivity contribution >= 4 is 0 Å². The molecule has 0 heterocycles. The molecule has 1 aromatic rings. The topological polar surface area (TPSA) is 30.5 Å². The fourth-order valence-corrected chi connectivity index (χ4v) is 1.55. The first-order valence-corrected chi connectivity index (χ1v) is 6.69. The van der Waals surface area contributed by atoms with Crippen LogP contribution in [0, 0.1) is 0 Å².